The molecule has 0 rings (SSSR count). The second kappa shape index (κ2) is 5.09. The molecule has 0 spiro atoms. The van der Waals surface area contributed by atoms with E-state index < -0.39 is 25.4 Å². The van der Waals surface area contributed by atoms with Crippen LogP contribution in [0.3, 0.4) is 0 Å². The first-order chi connectivity index (χ1) is 6.35. The molecule has 1 N–H and O–H groups in total. The van der Waals surface area contributed by atoms with E-state index in [-0.39, 0.29) is 0 Å². The molecule has 0 aromatic rings. The summed E-state index contributed by atoms with van der Waals surface area (Å²) < 4.78 is 23.8. The highest BCUT2D eigenvalue weighted by molar-refractivity contribution is 7.54. The fraction of sp³-hybridized carbons (Fsp3) is 0.667. The number of carbonyl (C=O) groups excluding carboxylic acids is 2. The molecule has 0 aromatic carbocycles. The van der Waals surface area contributed by atoms with Crippen molar-refractivity contribution in [2.45, 2.75) is 12.8 Å². The fourth-order valence-corrected chi connectivity index (χ4v) is 1.45. The summed E-state index contributed by atoms with van der Waals surface area (Å²) in [6.45, 7) is 0.992. The van der Waals surface area contributed by atoms with Crippen molar-refractivity contribution in [2.75, 3.05) is 14.2 Å². The van der Waals surface area contributed by atoms with Gasteiger partial charge in [-0.1, -0.05) is 0 Å². The van der Waals surface area contributed by atoms with Crippen LogP contribution in [0.1, 0.15) is 6.92 Å². The summed E-state index contributed by atoms with van der Waals surface area (Å²) >= 11 is 0. The Morgan fingerprint density at radius 3 is 2.14 bits per heavy atom. The summed E-state index contributed by atoms with van der Waals surface area (Å²) in [4.78, 5) is 30.5. The van der Waals surface area contributed by atoms with Crippen molar-refractivity contribution in [2.24, 2.45) is 0 Å². The summed E-state index contributed by atoms with van der Waals surface area (Å²) in [5.41, 5.74) is 0. The minimum atomic E-state index is -4.33. The standard InChI is InChI=1S/C6H11O7P/c1-4(7)13-6(5(8)11-2)14(9,10)12-3/h6H,1-3H3,(H,9,10). The van der Waals surface area contributed by atoms with Crippen molar-refractivity contribution in [3.63, 3.8) is 0 Å². The molecule has 0 radical (unpaired) electrons. The normalized spacial score (nSPS) is 16.6. The monoisotopic (exact) mass is 226 g/mol. The van der Waals surface area contributed by atoms with Crippen molar-refractivity contribution < 1.29 is 33.0 Å². The lowest BCUT2D eigenvalue weighted by molar-refractivity contribution is -0.160. The van der Waals surface area contributed by atoms with E-state index >= 15 is 0 Å². The molecule has 7 nitrogen and oxygen atoms in total. The van der Waals surface area contributed by atoms with Crippen LogP contribution in [0.2, 0.25) is 0 Å². The average molecular weight is 226 g/mol. The molecule has 0 aliphatic carbocycles. The Bertz CT molecular complexity index is 273. The quantitative estimate of drug-likeness (QED) is 0.526. The molecule has 0 fully saturated rings. The van der Waals surface area contributed by atoms with E-state index in [0.717, 1.165) is 21.1 Å². The maximum absolute atomic E-state index is 11.2. The van der Waals surface area contributed by atoms with Crippen molar-refractivity contribution in [3.8, 4) is 0 Å². The van der Waals surface area contributed by atoms with Gasteiger partial charge < -0.3 is 18.9 Å². The predicted octanol–water partition coefficient (Wildman–Crippen LogP) is -0.120. The maximum atomic E-state index is 11.2. The number of carbonyl (C=O) groups is 2. The second-order valence-electron chi connectivity index (χ2n) is 2.23. The molecular weight excluding hydrogens is 215 g/mol. The first-order valence-electron chi connectivity index (χ1n) is 3.48. The Kier molecular flexibility index (Phi) is 4.76. The van der Waals surface area contributed by atoms with Gasteiger partial charge >= 0.3 is 19.5 Å². The zero-order valence-electron chi connectivity index (χ0n) is 7.92. The molecule has 0 aliphatic heterocycles. The number of rotatable bonds is 4. The van der Waals surface area contributed by atoms with Gasteiger partial charge in [0.25, 0.3) is 5.85 Å². The molecule has 0 bridgehead atoms. The minimum Gasteiger partial charge on any atom is -0.466 e. The lowest BCUT2D eigenvalue weighted by Gasteiger charge is -2.18. The largest absolute Gasteiger partial charge is 0.466 e. The molecule has 2 atom stereocenters. The van der Waals surface area contributed by atoms with Crippen LogP contribution in [0.25, 0.3) is 0 Å². The summed E-state index contributed by atoms with van der Waals surface area (Å²) in [5, 5.41) is 0. The molecule has 2 unspecified atom stereocenters. The third-order valence-corrected chi connectivity index (χ3v) is 2.67. The first-order valence-corrected chi connectivity index (χ1v) is 5.13. The molecule has 0 heterocycles. The van der Waals surface area contributed by atoms with E-state index in [1.807, 2.05) is 0 Å². The van der Waals surface area contributed by atoms with Gasteiger partial charge in [0.15, 0.2) is 0 Å². The van der Waals surface area contributed by atoms with Gasteiger partial charge in [-0.05, 0) is 0 Å². The Labute approximate surface area is 80.5 Å². The molecule has 8 heteroatoms. The third-order valence-electron chi connectivity index (χ3n) is 1.24. The van der Waals surface area contributed by atoms with Crippen LogP contribution in [-0.2, 0) is 28.2 Å². The first kappa shape index (κ1) is 13.1. The highest BCUT2D eigenvalue weighted by Crippen LogP contribution is 2.47. The topological polar surface area (TPSA) is 99.1 Å². The van der Waals surface area contributed by atoms with Crippen LogP contribution in [0.4, 0.5) is 0 Å². The van der Waals surface area contributed by atoms with E-state index in [1.165, 1.54) is 0 Å². The number of ether oxygens (including phenoxy) is 2. The average Bonchev–Trinajstić information content (AvgIpc) is 2.12. The molecule has 0 aromatic heterocycles. The predicted molar refractivity (Wildman–Crippen MR) is 44.4 cm³/mol. The lowest BCUT2D eigenvalue weighted by atomic mass is 10.7. The van der Waals surface area contributed by atoms with Crippen molar-refractivity contribution >= 4 is 19.5 Å². The zero-order chi connectivity index (χ0) is 11.4. The lowest BCUT2D eigenvalue weighted by Crippen LogP contribution is -2.28. The molecule has 0 aliphatic rings. The van der Waals surface area contributed by atoms with Gasteiger partial charge in [-0.15, -0.1) is 0 Å². The molecule has 0 saturated heterocycles. The highest BCUT2D eigenvalue weighted by Gasteiger charge is 2.41. The van der Waals surface area contributed by atoms with E-state index in [1.54, 1.807) is 0 Å². The number of esters is 2. The van der Waals surface area contributed by atoms with Gasteiger partial charge in [0, 0.05) is 14.0 Å². The van der Waals surface area contributed by atoms with Crippen LogP contribution in [0.5, 0.6) is 0 Å². The highest BCUT2D eigenvalue weighted by atomic mass is 31.2. The Balaban J connectivity index is 4.81. The van der Waals surface area contributed by atoms with Gasteiger partial charge in [-0.25, -0.2) is 4.79 Å². The molecule has 14 heavy (non-hydrogen) atoms. The van der Waals surface area contributed by atoms with E-state index in [0.29, 0.717) is 0 Å². The Morgan fingerprint density at radius 2 is 1.86 bits per heavy atom. The number of methoxy groups -OCH3 is 1. The van der Waals surface area contributed by atoms with Gasteiger partial charge in [-0.3, -0.25) is 9.36 Å². The molecule has 0 saturated carbocycles. The van der Waals surface area contributed by atoms with Gasteiger partial charge in [0.2, 0.25) is 0 Å². The van der Waals surface area contributed by atoms with E-state index in [9.17, 15) is 14.2 Å². The van der Waals surface area contributed by atoms with Crippen LogP contribution >= 0.6 is 7.60 Å². The number of hydrogen-bond acceptors (Lipinski definition) is 6. The molecule has 0 amide bonds. The van der Waals surface area contributed by atoms with Crippen molar-refractivity contribution in [3.05, 3.63) is 0 Å². The van der Waals surface area contributed by atoms with E-state index in [2.05, 4.69) is 14.0 Å². The fourth-order valence-electron chi connectivity index (χ4n) is 0.602. The summed E-state index contributed by atoms with van der Waals surface area (Å²) in [6, 6.07) is 0. The van der Waals surface area contributed by atoms with Crippen molar-refractivity contribution in [1.82, 2.24) is 0 Å². The summed E-state index contributed by atoms with van der Waals surface area (Å²) in [7, 11) is -2.42. The summed E-state index contributed by atoms with van der Waals surface area (Å²) in [5.74, 6) is -3.96. The molecule has 82 valence electrons. The summed E-state index contributed by atoms with van der Waals surface area (Å²) in [6.07, 6.45) is 0. The van der Waals surface area contributed by atoms with Crippen LogP contribution in [0, 0.1) is 0 Å². The second-order valence-corrected chi connectivity index (χ2v) is 4.19. The SMILES string of the molecule is COC(=O)C(OC(C)=O)P(=O)(O)OC. The van der Waals surface area contributed by atoms with Crippen LogP contribution in [-0.4, -0.2) is 36.9 Å². The van der Waals surface area contributed by atoms with Gasteiger partial charge in [-0.2, -0.15) is 0 Å². The van der Waals surface area contributed by atoms with E-state index in [4.69, 9.17) is 4.89 Å². The van der Waals surface area contributed by atoms with Crippen molar-refractivity contribution in [1.29, 1.82) is 0 Å². The Morgan fingerprint density at radius 1 is 1.36 bits per heavy atom. The van der Waals surface area contributed by atoms with Crippen LogP contribution < -0.4 is 0 Å². The third kappa shape index (κ3) is 3.45. The number of hydrogen-bond donors (Lipinski definition) is 1. The molecular formula is C6H11O7P. The maximum Gasteiger partial charge on any atom is 0.379 e. The van der Waals surface area contributed by atoms with Crippen LogP contribution in [0.15, 0.2) is 0 Å². The minimum absolute atomic E-state index is 0.883. The zero-order valence-corrected chi connectivity index (χ0v) is 8.82. The Hall–Kier alpha value is -0.910. The van der Waals surface area contributed by atoms with Gasteiger partial charge in [0.1, 0.15) is 0 Å². The van der Waals surface area contributed by atoms with Gasteiger partial charge in [0.05, 0.1) is 7.11 Å². The smallest absolute Gasteiger partial charge is 0.379 e.